The lowest BCUT2D eigenvalue weighted by Crippen LogP contribution is -2.42. The minimum Gasteiger partial charge on any atom is -0.491 e. The standard InChI is InChI=1S/C17H30N2O/c1-12(2)18-14(5)17(19(6)7)15-8-10-16(11-9-15)20-13(3)4/h8-14,17-18H,1-7H3/t14-,17+/m0/s1. The summed E-state index contributed by atoms with van der Waals surface area (Å²) in [5, 5.41) is 3.60. The van der Waals surface area contributed by atoms with Crippen molar-refractivity contribution in [2.24, 2.45) is 0 Å². The van der Waals surface area contributed by atoms with Gasteiger partial charge in [0.1, 0.15) is 5.75 Å². The van der Waals surface area contributed by atoms with Crippen LogP contribution in [0.2, 0.25) is 0 Å². The molecule has 1 aromatic carbocycles. The maximum Gasteiger partial charge on any atom is 0.119 e. The minimum atomic E-state index is 0.215. The van der Waals surface area contributed by atoms with Crippen molar-refractivity contribution in [3.05, 3.63) is 29.8 Å². The molecule has 1 rings (SSSR count). The van der Waals surface area contributed by atoms with Crippen LogP contribution in [0.15, 0.2) is 24.3 Å². The predicted octanol–water partition coefficient (Wildman–Crippen LogP) is 3.46. The quantitative estimate of drug-likeness (QED) is 0.826. The van der Waals surface area contributed by atoms with Crippen LogP contribution in [0.5, 0.6) is 5.75 Å². The lowest BCUT2D eigenvalue weighted by atomic mass is 9.98. The lowest BCUT2D eigenvalue weighted by Gasteiger charge is -2.32. The number of likely N-dealkylation sites (N-methyl/N-ethyl adjacent to an activating group) is 1. The number of rotatable bonds is 7. The van der Waals surface area contributed by atoms with Crippen molar-refractivity contribution in [1.82, 2.24) is 10.2 Å². The molecule has 0 heterocycles. The SMILES string of the molecule is CC(C)N[C@@H](C)[C@H](c1ccc(OC(C)C)cc1)N(C)C. The first kappa shape index (κ1) is 17.0. The number of nitrogens with zero attached hydrogens (tertiary/aromatic N) is 1. The largest absolute Gasteiger partial charge is 0.491 e. The zero-order chi connectivity index (χ0) is 15.3. The zero-order valence-electron chi connectivity index (χ0n) is 14.0. The van der Waals surface area contributed by atoms with Crippen LogP contribution in [0.3, 0.4) is 0 Å². The van der Waals surface area contributed by atoms with Gasteiger partial charge in [0.25, 0.3) is 0 Å². The smallest absolute Gasteiger partial charge is 0.119 e. The van der Waals surface area contributed by atoms with E-state index in [4.69, 9.17) is 4.74 Å². The van der Waals surface area contributed by atoms with Crippen molar-refractivity contribution < 1.29 is 4.74 Å². The van der Waals surface area contributed by atoms with Crippen molar-refractivity contribution in [3.63, 3.8) is 0 Å². The van der Waals surface area contributed by atoms with Crippen LogP contribution >= 0.6 is 0 Å². The van der Waals surface area contributed by atoms with E-state index in [-0.39, 0.29) is 6.10 Å². The topological polar surface area (TPSA) is 24.5 Å². The molecular formula is C17H30N2O. The highest BCUT2D eigenvalue weighted by atomic mass is 16.5. The fraction of sp³-hybridized carbons (Fsp3) is 0.647. The van der Waals surface area contributed by atoms with Gasteiger partial charge in [0, 0.05) is 18.1 Å². The lowest BCUT2D eigenvalue weighted by molar-refractivity contribution is 0.230. The average molecular weight is 278 g/mol. The van der Waals surface area contributed by atoms with E-state index in [1.807, 2.05) is 13.8 Å². The van der Waals surface area contributed by atoms with Crippen LogP contribution in [-0.4, -0.2) is 37.2 Å². The Balaban J connectivity index is 2.86. The first-order valence-electron chi connectivity index (χ1n) is 7.50. The summed E-state index contributed by atoms with van der Waals surface area (Å²) in [4.78, 5) is 2.26. The highest BCUT2D eigenvalue weighted by Gasteiger charge is 2.21. The van der Waals surface area contributed by atoms with Gasteiger partial charge in [0.15, 0.2) is 0 Å². The third-order valence-electron chi connectivity index (χ3n) is 3.22. The summed E-state index contributed by atoms with van der Waals surface area (Å²) in [6.07, 6.45) is 0.215. The van der Waals surface area contributed by atoms with Crippen LogP contribution in [-0.2, 0) is 0 Å². The van der Waals surface area contributed by atoms with Crippen molar-refractivity contribution in [1.29, 1.82) is 0 Å². The Bertz CT molecular complexity index is 384. The van der Waals surface area contributed by atoms with Crippen LogP contribution in [0.4, 0.5) is 0 Å². The number of hydrogen-bond donors (Lipinski definition) is 1. The van der Waals surface area contributed by atoms with E-state index >= 15 is 0 Å². The molecule has 0 aromatic heterocycles. The fourth-order valence-corrected chi connectivity index (χ4v) is 2.67. The van der Waals surface area contributed by atoms with Gasteiger partial charge in [0.05, 0.1) is 6.10 Å². The van der Waals surface area contributed by atoms with E-state index < -0.39 is 0 Å². The van der Waals surface area contributed by atoms with Crippen LogP contribution in [0.25, 0.3) is 0 Å². The molecule has 0 amide bonds. The van der Waals surface area contributed by atoms with Gasteiger partial charge in [-0.15, -0.1) is 0 Å². The monoisotopic (exact) mass is 278 g/mol. The Labute approximate surface area is 124 Å². The second-order valence-electron chi connectivity index (χ2n) is 6.25. The second kappa shape index (κ2) is 7.65. The molecule has 3 heteroatoms. The van der Waals surface area contributed by atoms with Gasteiger partial charge >= 0.3 is 0 Å². The molecule has 0 aliphatic heterocycles. The molecular weight excluding hydrogens is 248 g/mol. The van der Waals surface area contributed by atoms with E-state index in [2.05, 4.69) is 69.3 Å². The Hall–Kier alpha value is -1.06. The van der Waals surface area contributed by atoms with Crippen molar-refractivity contribution in [2.45, 2.75) is 58.8 Å². The van der Waals surface area contributed by atoms with Gasteiger partial charge in [-0.1, -0.05) is 26.0 Å². The van der Waals surface area contributed by atoms with Crippen molar-refractivity contribution in [2.75, 3.05) is 14.1 Å². The maximum absolute atomic E-state index is 5.71. The number of benzene rings is 1. The molecule has 0 bridgehead atoms. The molecule has 3 nitrogen and oxygen atoms in total. The summed E-state index contributed by atoms with van der Waals surface area (Å²) in [6, 6.07) is 9.69. The molecule has 0 unspecified atom stereocenters. The third kappa shape index (κ3) is 5.14. The van der Waals surface area contributed by atoms with Crippen LogP contribution < -0.4 is 10.1 Å². The number of nitrogens with one attached hydrogen (secondary N) is 1. The van der Waals surface area contributed by atoms with Gasteiger partial charge in [-0.2, -0.15) is 0 Å². The van der Waals surface area contributed by atoms with Crippen molar-refractivity contribution >= 4 is 0 Å². The van der Waals surface area contributed by atoms with E-state index in [1.165, 1.54) is 5.56 Å². The molecule has 0 spiro atoms. The van der Waals surface area contributed by atoms with E-state index in [0.29, 0.717) is 18.1 Å². The first-order valence-corrected chi connectivity index (χ1v) is 7.50. The average Bonchev–Trinajstić information content (AvgIpc) is 2.29. The summed E-state index contributed by atoms with van der Waals surface area (Å²) < 4.78 is 5.71. The van der Waals surface area contributed by atoms with Crippen LogP contribution in [0.1, 0.15) is 46.2 Å². The normalized spacial score (nSPS) is 14.9. The molecule has 0 aliphatic rings. The van der Waals surface area contributed by atoms with Gasteiger partial charge in [-0.3, -0.25) is 0 Å². The van der Waals surface area contributed by atoms with Crippen molar-refractivity contribution in [3.8, 4) is 5.75 Å². The highest BCUT2D eigenvalue weighted by Crippen LogP contribution is 2.25. The predicted molar refractivity (Wildman–Crippen MR) is 86.4 cm³/mol. The Kier molecular flexibility index (Phi) is 6.50. The Morgan fingerprint density at radius 3 is 1.90 bits per heavy atom. The number of hydrogen-bond acceptors (Lipinski definition) is 3. The zero-order valence-corrected chi connectivity index (χ0v) is 14.0. The second-order valence-corrected chi connectivity index (χ2v) is 6.25. The summed E-state index contributed by atoms with van der Waals surface area (Å²) >= 11 is 0. The molecule has 0 saturated heterocycles. The molecule has 1 N–H and O–H groups in total. The molecule has 20 heavy (non-hydrogen) atoms. The summed E-state index contributed by atoms with van der Waals surface area (Å²) in [7, 11) is 4.25. The fourth-order valence-electron chi connectivity index (χ4n) is 2.67. The van der Waals surface area contributed by atoms with Gasteiger partial charge in [-0.25, -0.2) is 0 Å². The molecule has 1 aromatic rings. The van der Waals surface area contributed by atoms with Gasteiger partial charge in [0.2, 0.25) is 0 Å². The molecule has 0 fully saturated rings. The molecule has 2 atom stereocenters. The summed E-state index contributed by atoms with van der Waals surface area (Å²) in [5.41, 5.74) is 1.31. The molecule has 0 aliphatic carbocycles. The Morgan fingerprint density at radius 2 is 1.50 bits per heavy atom. The first-order chi connectivity index (χ1) is 9.31. The number of ether oxygens (including phenoxy) is 1. The molecule has 0 radical (unpaired) electrons. The van der Waals surface area contributed by atoms with Crippen LogP contribution in [0, 0.1) is 0 Å². The molecule has 0 saturated carbocycles. The Morgan fingerprint density at radius 1 is 0.950 bits per heavy atom. The third-order valence-corrected chi connectivity index (χ3v) is 3.22. The highest BCUT2D eigenvalue weighted by molar-refractivity contribution is 5.30. The van der Waals surface area contributed by atoms with E-state index in [0.717, 1.165) is 5.75 Å². The van der Waals surface area contributed by atoms with E-state index in [1.54, 1.807) is 0 Å². The summed E-state index contributed by atoms with van der Waals surface area (Å²) in [5.74, 6) is 0.936. The van der Waals surface area contributed by atoms with E-state index in [9.17, 15) is 0 Å². The summed E-state index contributed by atoms with van der Waals surface area (Å²) in [6.45, 7) is 10.7. The maximum atomic E-state index is 5.71. The van der Waals surface area contributed by atoms with Gasteiger partial charge < -0.3 is 15.0 Å². The minimum absolute atomic E-state index is 0.215. The molecule has 114 valence electrons. The van der Waals surface area contributed by atoms with Gasteiger partial charge in [-0.05, 0) is 52.6 Å².